The third-order valence-electron chi connectivity index (χ3n) is 4.19. The summed E-state index contributed by atoms with van der Waals surface area (Å²) < 4.78 is 0. The van der Waals surface area contributed by atoms with Crippen LogP contribution in [0, 0.1) is 0 Å². The quantitative estimate of drug-likeness (QED) is 0.717. The summed E-state index contributed by atoms with van der Waals surface area (Å²) in [7, 11) is 0. The highest BCUT2D eigenvalue weighted by Crippen LogP contribution is 2.33. The standard InChI is InChI=1S/C14H17N3/c1-3-16-13-8-10-2-5-17-6-4-15-9-14(17)12(10)7-11(1)13/h1,3,7-8,14-16H,2,4-6,9H2. The zero-order chi connectivity index (χ0) is 11.2. The molecule has 1 aromatic heterocycles. The lowest BCUT2D eigenvalue weighted by molar-refractivity contribution is 0.152. The van der Waals surface area contributed by atoms with Gasteiger partial charge >= 0.3 is 0 Å². The molecule has 4 rings (SSSR count). The molecular formula is C14H17N3. The molecule has 0 aliphatic carbocycles. The third kappa shape index (κ3) is 1.43. The van der Waals surface area contributed by atoms with Crippen LogP contribution in [-0.4, -0.2) is 36.1 Å². The van der Waals surface area contributed by atoms with Gasteiger partial charge in [0.2, 0.25) is 0 Å². The van der Waals surface area contributed by atoms with Crippen molar-refractivity contribution in [2.75, 3.05) is 26.2 Å². The maximum atomic E-state index is 3.52. The van der Waals surface area contributed by atoms with Gasteiger partial charge in [-0.25, -0.2) is 0 Å². The molecule has 1 unspecified atom stereocenters. The van der Waals surface area contributed by atoms with E-state index < -0.39 is 0 Å². The van der Waals surface area contributed by atoms with Crippen molar-refractivity contribution in [3.8, 4) is 0 Å². The van der Waals surface area contributed by atoms with Gasteiger partial charge in [0.15, 0.2) is 0 Å². The largest absolute Gasteiger partial charge is 0.361 e. The van der Waals surface area contributed by atoms with Gasteiger partial charge in [-0.05, 0) is 41.1 Å². The van der Waals surface area contributed by atoms with Gasteiger partial charge < -0.3 is 10.3 Å². The molecule has 0 saturated carbocycles. The summed E-state index contributed by atoms with van der Waals surface area (Å²) in [5.74, 6) is 0. The summed E-state index contributed by atoms with van der Waals surface area (Å²) in [6, 6.07) is 7.48. The lowest BCUT2D eigenvalue weighted by Crippen LogP contribution is -2.48. The molecule has 17 heavy (non-hydrogen) atoms. The van der Waals surface area contributed by atoms with Crippen LogP contribution in [0.3, 0.4) is 0 Å². The highest BCUT2D eigenvalue weighted by Gasteiger charge is 2.29. The molecule has 2 aliphatic heterocycles. The lowest BCUT2D eigenvalue weighted by atomic mass is 9.90. The fourth-order valence-electron chi connectivity index (χ4n) is 3.27. The number of piperazine rings is 1. The molecule has 1 fully saturated rings. The molecule has 88 valence electrons. The van der Waals surface area contributed by atoms with Crippen LogP contribution < -0.4 is 5.32 Å². The van der Waals surface area contributed by atoms with Crippen molar-refractivity contribution in [2.45, 2.75) is 12.5 Å². The van der Waals surface area contributed by atoms with Crippen molar-refractivity contribution in [3.05, 3.63) is 35.5 Å². The number of hydrogen-bond acceptors (Lipinski definition) is 2. The summed E-state index contributed by atoms with van der Waals surface area (Å²) in [6.07, 6.45) is 3.23. The Hall–Kier alpha value is -1.32. The van der Waals surface area contributed by atoms with Crippen LogP contribution in [0.15, 0.2) is 24.4 Å². The number of nitrogens with zero attached hydrogens (tertiary/aromatic N) is 1. The summed E-state index contributed by atoms with van der Waals surface area (Å²) in [5, 5.41) is 4.86. The Labute approximate surface area is 101 Å². The van der Waals surface area contributed by atoms with Crippen LogP contribution >= 0.6 is 0 Å². The SMILES string of the molecule is c1cc2cc3c(cc2[nH]1)CCN1CCNCC31. The maximum absolute atomic E-state index is 3.52. The molecule has 2 aliphatic rings. The molecule has 3 heteroatoms. The van der Waals surface area contributed by atoms with E-state index in [4.69, 9.17) is 0 Å². The number of benzene rings is 1. The molecule has 0 amide bonds. The van der Waals surface area contributed by atoms with Gasteiger partial charge in [-0.15, -0.1) is 0 Å². The number of rotatable bonds is 0. The number of hydrogen-bond donors (Lipinski definition) is 2. The van der Waals surface area contributed by atoms with E-state index in [1.165, 1.54) is 41.5 Å². The number of aromatic nitrogens is 1. The monoisotopic (exact) mass is 227 g/mol. The van der Waals surface area contributed by atoms with Gasteiger partial charge in [0.05, 0.1) is 0 Å². The second-order valence-corrected chi connectivity index (χ2v) is 5.12. The summed E-state index contributed by atoms with van der Waals surface area (Å²) in [5.41, 5.74) is 4.35. The van der Waals surface area contributed by atoms with Crippen LogP contribution in [-0.2, 0) is 6.42 Å². The third-order valence-corrected chi connectivity index (χ3v) is 4.19. The predicted molar refractivity (Wildman–Crippen MR) is 69.2 cm³/mol. The van der Waals surface area contributed by atoms with Crippen molar-refractivity contribution >= 4 is 10.9 Å². The van der Waals surface area contributed by atoms with E-state index in [-0.39, 0.29) is 0 Å². The molecule has 2 aromatic rings. The van der Waals surface area contributed by atoms with Crippen molar-refractivity contribution in [3.63, 3.8) is 0 Å². The van der Waals surface area contributed by atoms with Crippen molar-refractivity contribution < 1.29 is 0 Å². The average Bonchev–Trinajstić information content (AvgIpc) is 2.83. The highest BCUT2D eigenvalue weighted by molar-refractivity contribution is 5.81. The number of H-pyrrole nitrogens is 1. The smallest absolute Gasteiger partial charge is 0.0476 e. The van der Waals surface area contributed by atoms with Gasteiger partial charge in [0.25, 0.3) is 0 Å². The molecule has 0 bridgehead atoms. The first kappa shape index (κ1) is 9.68. The van der Waals surface area contributed by atoms with Gasteiger partial charge in [-0.2, -0.15) is 0 Å². The molecule has 1 atom stereocenters. The Morgan fingerprint density at radius 1 is 1.24 bits per heavy atom. The molecule has 3 heterocycles. The minimum Gasteiger partial charge on any atom is -0.361 e. The molecule has 1 saturated heterocycles. The second kappa shape index (κ2) is 3.59. The van der Waals surface area contributed by atoms with Crippen molar-refractivity contribution in [1.82, 2.24) is 15.2 Å². The molecule has 2 N–H and O–H groups in total. The Morgan fingerprint density at radius 2 is 2.24 bits per heavy atom. The fraction of sp³-hybridized carbons (Fsp3) is 0.429. The minimum atomic E-state index is 0.590. The van der Waals surface area contributed by atoms with Crippen LogP contribution in [0.2, 0.25) is 0 Å². The Balaban J connectivity index is 1.87. The van der Waals surface area contributed by atoms with E-state index in [1.54, 1.807) is 0 Å². The van der Waals surface area contributed by atoms with E-state index >= 15 is 0 Å². The molecular weight excluding hydrogens is 210 g/mol. The van der Waals surface area contributed by atoms with Crippen LogP contribution in [0.25, 0.3) is 10.9 Å². The normalized spacial score (nSPS) is 24.6. The molecule has 3 nitrogen and oxygen atoms in total. The Kier molecular flexibility index (Phi) is 2.04. The van der Waals surface area contributed by atoms with Crippen molar-refractivity contribution in [2.24, 2.45) is 0 Å². The molecule has 0 spiro atoms. The van der Waals surface area contributed by atoms with E-state index in [9.17, 15) is 0 Å². The number of fused-ring (bicyclic) bond motifs is 4. The first-order valence-electron chi connectivity index (χ1n) is 6.46. The minimum absolute atomic E-state index is 0.590. The van der Waals surface area contributed by atoms with Crippen molar-refractivity contribution in [1.29, 1.82) is 0 Å². The van der Waals surface area contributed by atoms with Crippen LogP contribution in [0.5, 0.6) is 0 Å². The zero-order valence-electron chi connectivity index (χ0n) is 9.87. The zero-order valence-corrected chi connectivity index (χ0v) is 9.87. The van der Waals surface area contributed by atoms with Crippen LogP contribution in [0.1, 0.15) is 17.2 Å². The second-order valence-electron chi connectivity index (χ2n) is 5.12. The van der Waals surface area contributed by atoms with E-state index in [2.05, 4.69) is 33.4 Å². The summed E-state index contributed by atoms with van der Waals surface area (Å²) >= 11 is 0. The topological polar surface area (TPSA) is 31.1 Å². The lowest BCUT2D eigenvalue weighted by Gasteiger charge is -2.40. The molecule has 1 aromatic carbocycles. The number of nitrogens with one attached hydrogen (secondary N) is 2. The van der Waals surface area contributed by atoms with Crippen LogP contribution in [0.4, 0.5) is 0 Å². The first-order valence-corrected chi connectivity index (χ1v) is 6.46. The van der Waals surface area contributed by atoms with E-state index in [0.717, 1.165) is 13.1 Å². The summed E-state index contributed by atoms with van der Waals surface area (Å²) in [4.78, 5) is 5.93. The maximum Gasteiger partial charge on any atom is 0.0476 e. The highest BCUT2D eigenvalue weighted by atomic mass is 15.2. The fourth-order valence-corrected chi connectivity index (χ4v) is 3.27. The van der Waals surface area contributed by atoms with Gasteiger partial charge in [-0.1, -0.05) is 0 Å². The van der Waals surface area contributed by atoms with Gasteiger partial charge in [0, 0.05) is 43.9 Å². The Morgan fingerprint density at radius 3 is 3.24 bits per heavy atom. The average molecular weight is 227 g/mol. The van der Waals surface area contributed by atoms with E-state index in [1.807, 2.05) is 6.20 Å². The van der Waals surface area contributed by atoms with Gasteiger partial charge in [0.1, 0.15) is 0 Å². The van der Waals surface area contributed by atoms with Gasteiger partial charge in [-0.3, -0.25) is 4.90 Å². The van der Waals surface area contributed by atoms with E-state index in [0.29, 0.717) is 6.04 Å². The summed E-state index contributed by atoms with van der Waals surface area (Å²) in [6.45, 7) is 4.64. The number of aromatic amines is 1. The molecule has 0 radical (unpaired) electrons. The first-order chi connectivity index (χ1) is 8.42. The predicted octanol–water partition coefficient (Wildman–Crippen LogP) is 1.67. The Bertz CT molecular complexity index is 558.